The highest BCUT2D eigenvalue weighted by Crippen LogP contribution is 2.25. The maximum Gasteiger partial charge on any atom is 0.233 e. The molecule has 1 N–H and O–H groups in total. The quantitative estimate of drug-likeness (QED) is 0.786. The second-order valence-electron chi connectivity index (χ2n) is 6.90. The summed E-state index contributed by atoms with van der Waals surface area (Å²) in [5, 5.41) is 3.12. The second-order valence-corrected chi connectivity index (χ2v) is 8.23. The molecule has 132 valence electrons. The fourth-order valence-corrected chi connectivity index (χ4v) is 4.16. The SMILES string of the molecule is C[C@H](NC(=O)[C@@H](C)SCc1ccccc1)c1ccc2c(c1)CCCC2. The van der Waals surface area contributed by atoms with Crippen molar-refractivity contribution in [2.75, 3.05) is 0 Å². The van der Waals surface area contributed by atoms with E-state index in [0.29, 0.717) is 0 Å². The van der Waals surface area contributed by atoms with Gasteiger partial charge < -0.3 is 5.32 Å². The molecule has 0 spiro atoms. The van der Waals surface area contributed by atoms with E-state index in [9.17, 15) is 4.79 Å². The summed E-state index contributed by atoms with van der Waals surface area (Å²) in [6.07, 6.45) is 4.95. The fourth-order valence-electron chi connectivity index (χ4n) is 3.31. The molecule has 2 nitrogen and oxygen atoms in total. The average Bonchev–Trinajstić information content (AvgIpc) is 2.66. The Labute approximate surface area is 155 Å². The Hall–Kier alpha value is -1.74. The number of rotatable bonds is 6. The number of hydrogen-bond acceptors (Lipinski definition) is 2. The highest BCUT2D eigenvalue weighted by molar-refractivity contribution is 7.99. The van der Waals surface area contributed by atoms with Gasteiger partial charge in [0.1, 0.15) is 0 Å². The minimum atomic E-state index is -0.0553. The first-order valence-electron chi connectivity index (χ1n) is 9.21. The first-order chi connectivity index (χ1) is 12.1. The molecule has 25 heavy (non-hydrogen) atoms. The van der Waals surface area contributed by atoms with Crippen molar-refractivity contribution in [2.24, 2.45) is 0 Å². The first-order valence-corrected chi connectivity index (χ1v) is 10.3. The number of fused-ring (bicyclic) bond motifs is 1. The Morgan fingerprint density at radius 1 is 1.04 bits per heavy atom. The molecule has 0 aromatic heterocycles. The summed E-state index contributed by atoms with van der Waals surface area (Å²) >= 11 is 1.69. The van der Waals surface area contributed by atoms with Crippen LogP contribution in [-0.2, 0) is 23.4 Å². The Bertz CT molecular complexity index is 713. The lowest BCUT2D eigenvalue weighted by atomic mass is 9.89. The van der Waals surface area contributed by atoms with Crippen molar-refractivity contribution in [3.63, 3.8) is 0 Å². The summed E-state index contributed by atoms with van der Waals surface area (Å²) in [6, 6.07) is 17.1. The van der Waals surface area contributed by atoms with Gasteiger partial charge >= 0.3 is 0 Å². The van der Waals surface area contributed by atoms with Gasteiger partial charge in [0, 0.05) is 5.75 Å². The molecule has 2 aromatic rings. The minimum absolute atomic E-state index is 0.0551. The highest BCUT2D eigenvalue weighted by atomic mass is 32.2. The van der Waals surface area contributed by atoms with E-state index in [1.165, 1.54) is 47.9 Å². The standard InChI is InChI=1S/C22H27NOS/c1-16(20-13-12-19-10-6-7-11-21(19)14-20)23-22(24)17(2)25-15-18-8-4-3-5-9-18/h3-5,8-9,12-14,16-17H,6-7,10-11,15H2,1-2H3,(H,23,24)/t16-,17+/m0/s1. The van der Waals surface area contributed by atoms with E-state index in [1.807, 2.05) is 25.1 Å². The molecule has 0 saturated heterocycles. The number of carbonyl (C=O) groups excluding carboxylic acids is 1. The molecule has 2 aromatic carbocycles. The summed E-state index contributed by atoms with van der Waals surface area (Å²) in [5.74, 6) is 0.981. The third-order valence-corrected chi connectivity index (χ3v) is 6.16. The van der Waals surface area contributed by atoms with Gasteiger partial charge in [-0.05, 0) is 61.8 Å². The van der Waals surface area contributed by atoms with Crippen LogP contribution in [0.25, 0.3) is 0 Å². The lowest BCUT2D eigenvalue weighted by molar-refractivity contribution is -0.120. The molecule has 3 rings (SSSR count). The van der Waals surface area contributed by atoms with Crippen LogP contribution in [0.5, 0.6) is 0 Å². The molecule has 3 heteroatoms. The predicted octanol–water partition coefficient (Wildman–Crippen LogP) is 5.06. The minimum Gasteiger partial charge on any atom is -0.349 e. The van der Waals surface area contributed by atoms with E-state index in [1.54, 1.807) is 11.8 Å². The summed E-state index contributed by atoms with van der Waals surface area (Å²) in [4.78, 5) is 12.5. The van der Waals surface area contributed by atoms with Gasteiger partial charge in [-0.15, -0.1) is 11.8 Å². The molecule has 2 atom stereocenters. The normalized spacial score (nSPS) is 15.9. The van der Waals surface area contributed by atoms with E-state index in [-0.39, 0.29) is 17.2 Å². The van der Waals surface area contributed by atoms with Gasteiger partial charge in [0.2, 0.25) is 5.91 Å². The zero-order chi connectivity index (χ0) is 17.6. The van der Waals surface area contributed by atoms with Gasteiger partial charge in [-0.2, -0.15) is 0 Å². The number of nitrogens with one attached hydrogen (secondary N) is 1. The third-order valence-electron chi connectivity index (χ3n) is 4.94. The largest absolute Gasteiger partial charge is 0.349 e. The van der Waals surface area contributed by atoms with Crippen molar-refractivity contribution in [1.82, 2.24) is 5.32 Å². The van der Waals surface area contributed by atoms with Crippen LogP contribution in [-0.4, -0.2) is 11.2 Å². The van der Waals surface area contributed by atoms with Crippen molar-refractivity contribution >= 4 is 17.7 Å². The number of benzene rings is 2. The smallest absolute Gasteiger partial charge is 0.233 e. The zero-order valence-corrected chi connectivity index (χ0v) is 15.9. The van der Waals surface area contributed by atoms with Crippen molar-refractivity contribution in [3.8, 4) is 0 Å². The topological polar surface area (TPSA) is 29.1 Å². The van der Waals surface area contributed by atoms with Crippen LogP contribution in [0, 0.1) is 0 Å². The lowest BCUT2D eigenvalue weighted by Gasteiger charge is -2.21. The number of thioether (sulfide) groups is 1. The van der Waals surface area contributed by atoms with Crippen LogP contribution in [0.15, 0.2) is 48.5 Å². The van der Waals surface area contributed by atoms with E-state index in [2.05, 4.69) is 42.6 Å². The molecule has 1 aliphatic rings. The average molecular weight is 354 g/mol. The van der Waals surface area contributed by atoms with Gasteiger partial charge in [0.05, 0.1) is 11.3 Å². The molecule has 0 fully saturated rings. The Morgan fingerprint density at radius 3 is 2.52 bits per heavy atom. The Balaban J connectivity index is 1.54. The second kappa shape index (κ2) is 8.57. The number of carbonyl (C=O) groups is 1. The van der Waals surface area contributed by atoms with Crippen LogP contribution in [0.4, 0.5) is 0 Å². The van der Waals surface area contributed by atoms with E-state index in [0.717, 1.165) is 5.75 Å². The highest BCUT2D eigenvalue weighted by Gasteiger charge is 2.18. The van der Waals surface area contributed by atoms with Gasteiger partial charge in [-0.25, -0.2) is 0 Å². The predicted molar refractivity (Wildman–Crippen MR) is 107 cm³/mol. The van der Waals surface area contributed by atoms with E-state index >= 15 is 0 Å². The van der Waals surface area contributed by atoms with E-state index in [4.69, 9.17) is 0 Å². The summed E-state index contributed by atoms with van der Waals surface area (Å²) in [7, 11) is 0. The molecule has 0 aliphatic heterocycles. The van der Waals surface area contributed by atoms with Crippen LogP contribution < -0.4 is 5.32 Å². The van der Waals surface area contributed by atoms with Gasteiger partial charge in [-0.3, -0.25) is 4.79 Å². The van der Waals surface area contributed by atoms with Gasteiger partial charge in [-0.1, -0.05) is 48.5 Å². The molecular weight excluding hydrogens is 326 g/mol. The van der Waals surface area contributed by atoms with E-state index < -0.39 is 0 Å². The number of aryl methyl sites for hydroxylation is 2. The number of amides is 1. The van der Waals surface area contributed by atoms with Crippen LogP contribution in [0.2, 0.25) is 0 Å². The Kier molecular flexibility index (Phi) is 6.19. The Morgan fingerprint density at radius 2 is 1.76 bits per heavy atom. The first kappa shape index (κ1) is 18.1. The third kappa shape index (κ3) is 4.88. The molecule has 0 saturated carbocycles. The summed E-state index contributed by atoms with van der Waals surface area (Å²) in [6.45, 7) is 4.07. The van der Waals surface area contributed by atoms with Crippen LogP contribution in [0.1, 0.15) is 55.0 Å². The van der Waals surface area contributed by atoms with Gasteiger partial charge in [0.25, 0.3) is 0 Å². The monoisotopic (exact) mass is 353 g/mol. The zero-order valence-electron chi connectivity index (χ0n) is 15.1. The van der Waals surface area contributed by atoms with Gasteiger partial charge in [0.15, 0.2) is 0 Å². The maximum absolute atomic E-state index is 12.5. The van der Waals surface area contributed by atoms with Crippen molar-refractivity contribution < 1.29 is 4.79 Å². The molecule has 0 radical (unpaired) electrons. The summed E-state index contributed by atoms with van der Waals surface area (Å²) < 4.78 is 0. The number of hydrogen-bond donors (Lipinski definition) is 1. The maximum atomic E-state index is 12.5. The molecule has 1 amide bonds. The molecular formula is C22H27NOS. The van der Waals surface area contributed by atoms with Crippen molar-refractivity contribution in [1.29, 1.82) is 0 Å². The molecule has 0 heterocycles. The molecule has 0 unspecified atom stereocenters. The summed E-state index contributed by atoms with van der Waals surface area (Å²) in [5.41, 5.74) is 5.43. The lowest BCUT2D eigenvalue weighted by Crippen LogP contribution is -2.33. The molecule has 1 aliphatic carbocycles. The van der Waals surface area contributed by atoms with Crippen LogP contribution in [0.3, 0.4) is 0 Å². The molecule has 0 bridgehead atoms. The van der Waals surface area contributed by atoms with Crippen molar-refractivity contribution in [2.45, 2.75) is 56.6 Å². The van der Waals surface area contributed by atoms with Crippen LogP contribution >= 0.6 is 11.8 Å². The van der Waals surface area contributed by atoms with Crippen molar-refractivity contribution in [3.05, 3.63) is 70.8 Å². The fraction of sp³-hybridized carbons (Fsp3) is 0.409.